The molecule has 0 spiro atoms. The topological polar surface area (TPSA) is 90.7 Å². The van der Waals surface area contributed by atoms with Crippen LogP contribution in [0.2, 0.25) is 10.0 Å². The summed E-state index contributed by atoms with van der Waals surface area (Å²) in [6.07, 6.45) is 1.27. The first-order chi connectivity index (χ1) is 12.5. The lowest BCUT2D eigenvalue weighted by Gasteiger charge is -2.09. The van der Waals surface area contributed by atoms with Crippen LogP contribution in [-0.2, 0) is 0 Å². The van der Waals surface area contributed by atoms with Crippen molar-refractivity contribution in [2.75, 3.05) is 10.6 Å². The molecule has 128 valence electrons. The molecule has 0 unspecified atom stereocenters. The van der Waals surface area contributed by atoms with E-state index in [0.29, 0.717) is 32.8 Å². The summed E-state index contributed by atoms with van der Waals surface area (Å²) in [5.74, 6) is -0.0391. The maximum Gasteiger partial charge on any atom is 0.274 e. The summed E-state index contributed by atoms with van der Waals surface area (Å²) in [6.45, 7) is 0. The van der Waals surface area contributed by atoms with Crippen molar-refractivity contribution in [3.63, 3.8) is 0 Å². The summed E-state index contributed by atoms with van der Waals surface area (Å²) in [6, 6.07) is 15.1. The minimum absolute atomic E-state index is 0.156. The predicted octanol–water partition coefficient (Wildman–Crippen LogP) is 4.65. The van der Waals surface area contributed by atoms with Gasteiger partial charge in [0.05, 0.1) is 22.3 Å². The van der Waals surface area contributed by atoms with Gasteiger partial charge in [-0.15, -0.1) is 0 Å². The fraction of sp³-hybridized carbons (Fsp3) is 0. The molecule has 0 radical (unpaired) electrons. The molecule has 0 saturated carbocycles. The molecule has 3 aromatic rings. The van der Waals surface area contributed by atoms with E-state index in [-0.39, 0.29) is 5.69 Å². The molecule has 0 fully saturated rings. The van der Waals surface area contributed by atoms with Gasteiger partial charge in [-0.1, -0.05) is 29.3 Å². The first-order valence-electron chi connectivity index (χ1n) is 7.41. The Bertz CT molecular complexity index is 1020. The van der Waals surface area contributed by atoms with Gasteiger partial charge in [-0.25, -0.2) is 9.97 Å². The maximum absolute atomic E-state index is 12.4. The molecule has 2 N–H and O–H groups in total. The fourth-order valence-electron chi connectivity index (χ4n) is 2.14. The summed E-state index contributed by atoms with van der Waals surface area (Å²) >= 11 is 12.1. The second-order valence-corrected chi connectivity index (χ2v) is 6.03. The minimum atomic E-state index is -0.428. The lowest BCUT2D eigenvalue weighted by Crippen LogP contribution is -2.14. The second-order valence-electron chi connectivity index (χ2n) is 5.18. The first-order valence-corrected chi connectivity index (χ1v) is 8.16. The van der Waals surface area contributed by atoms with E-state index in [1.54, 1.807) is 42.5 Å². The van der Waals surface area contributed by atoms with Crippen LogP contribution in [0.1, 0.15) is 16.1 Å². The van der Waals surface area contributed by atoms with Crippen LogP contribution >= 0.6 is 23.2 Å². The standard InChI is InChI=1S/C18H11Cl2N5O/c19-12-4-5-14(20)15(7-12)25-17-8-16(22-10-23-17)18(26)24-13-3-1-2-11(6-13)9-21/h1-8,10H,(H,24,26)(H,22,23,25). The molecule has 6 nitrogen and oxygen atoms in total. The van der Waals surface area contributed by atoms with Gasteiger partial charge >= 0.3 is 0 Å². The van der Waals surface area contributed by atoms with Crippen LogP contribution in [0.4, 0.5) is 17.2 Å². The molecule has 0 aliphatic heterocycles. The van der Waals surface area contributed by atoms with Gasteiger partial charge in [0.25, 0.3) is 5.91 Å². The van der Waals surface area contributed by atoms with Crippen LogP contribution in [0.15, 0.2) is 54.9 Å². The van der Waals surface area contributed by atoms with Crippen LogP contribution < -0.4 is 10.6 Å². The van der Waals surface area contributed by atoms with Crippen LogP contribution in [0.25, 0.3) is 0 Å². The summed E-state index contributed by atoms with van der Waals surface area (Å²) < 4.78 is 0. The molecular weight excluding hydrogens is 373 g/mol. The summed E-state index contributed by atoms with van der Waals surface area (Å²) in [5, 5.41) is 15.6. The van der Waals surface area contributed by atoms with Gasteiger partial charge in [0.2, 0.25) is 0 Å². The molecule has 2 aromatic carbocycles. The number of carbonyl (C=O) groups is 1. The van der Waals surface area contributed by atoms with E-state index in [2.05, 4.69) is 20.6 Å². The van der Waals surface area contributed by atoms with Gasteiger partial charge < -0.3 is 10.6 Å². The third kappa shape index (κ3) is 4.28. The Kier molecular flexibility index (Phi) is 5.32. The highest BCUT2D eigenvalue weighted by molar-refractivity contribution is 6.35. The highest BCUT2D eigenvalue weighted by Crippen LogP contribution is 2.27. The smallest absolute Gasteiger partial charge is 0.274 e. The van der Waals surface area contributed by atoms with Crippen molar-refractivity contribution in [1.29, 1.82) is 5.26 Å². The minimum Gasteiger partial charge on any atom is -0.339 e. The number of rotatable bonds is 4. The molecule has 8 heteroatoms. The Balaban J connectivity index is 1.79. The van der Waals surface area contributed by atoms with Gasteiger partial charge in [0, 0.05) is 16.8 Å². The number of nitrogens with zero attached hydrogens (tertiary/aromatic N) is 3. The first kappa shape index (κ1) is 17.7. The van der Waals surface area contributed by atoms with E-state index in [4.69, 9.17) is 28.5 Å². The van der Waals surface area contributed by atoms with Gasteiger partial charge in [-0.2, -0.15) is 5.26 Å². The maximum atomic E-state index is 12.4. The number of aromatic nitrogens is 2. The van der Waals surface area contributed by atoms with Crippen molar-refractivity contribution in [2.24, 2.45) is 0 Å². The van der Waals surface area contributed by atoms with E-state index in [9.17, 15) is 4.79 Å². The van der Waals surface area contributed by atoms with E-state index in [0.717, 1.165) is 0 Å². The number of amides is 1. The van der Waals surface area contributed by atoms with Gasteiger partial charge in [0.1, 0.15) is 17.8 Å². The van der Waals surface area contributed by atoms with Crippen molar-refractivity contribution in [2.45, 2.75) is 0 Å². The third-order valence-corrected chi connectivity index (χ3v) is 3.91. The number of hydrogen-bond donors (Lipinski definition) is 2. The van der Waals surface area contributed by atoms with Gasteiger partial charge in [-0.3, -0.25) is 4.79 Å². The van der Waals surface area contributed by atoms with E-state index in [1.807, 2.05) is 6.07 Å². The number of anilines is 3. The molecule has 0 aliphatic rings. The molecule has 26 heavy (non-hydrogen) atoms. The van der Waals surface area contributed by atoms with Gasteiger partial charge in [-0.05, 0) is 36.4 Å². The Morgan fingerprint density at radius 2 is 1.92 bits per heavy atom. The summed E-state index contributed by atoms with van der Waals surface area (Å²) in [4.78, 5) is 20.4. The fourth-order valence-corrected chi connectivity index (χ4v) is 2.48. The molecule has 0 atom stereocenters. The number of benzene rings is 2. The Labute approximate surface area is 159 Å². The quantitative estimate of drug-likeness (QED) is 0.683. The van der Waals surface area contributed by atoms with Crippen LogP contribution in [-0.4, -0.2) is 15.9 Å². The Morgan fingerprint density at radius 1 is 1.08 bits per heavy atom. The zero-order valence-corrected chi connectivity index (χ0v) is 14.7. The highest BCUT2D eigenvalue weighted by atomic mass is 35.5. The average molecular weight is 384 g/mol. The molecular formula is C18H11Cl2N5O. The largest absolute Gasteiger partial charge is 0.339 e. The number of hydrogen-bond acceptors (Lipinski definition) is 5. The molecule has 0 saturated heterocycles. The van der Waals surface area contributed by atoms with E-state index in [1.165, 1.54) is 12.4 Å². The van der Waals surface area contributed by atoms with Crippen LogP contribution in [0, 0.1) is 11.3 Å². The molecule has 0 bridgehead atoms. The molecule has 1 aromatic heterocycles. The number of nitriles is 1. The Hall–Kier alpha value is -3.14. The van der Waals surface area contributed by atoms with Crippen molar-refractivity contribution in [1.82, 2.24) is 9.97 Å². The van der Waals surface area contributed by atoms with Crippen molar-refractivity contribution < 1.29 is 4.79 Å². The molecule has 1 amide bonds. The average Bonchev–Trinajstić information content (AvgIpc) is 2.65. The normalized spacial score (nSPS) is 10.0. The van der Waals surface area contributed by atoms with Crippen LogP contribution in [0.3, 0.4) is 0 Å². The van der Waals surface area contributed by atoms with Gasteiger partial charge in [0.15, 0.2) is 0 Å². The third-order valence-electron chi connectivity index (χ3n) is 3.34. The lowest BCUT2D eigenvalue weighted by molar-refractivity contribution is 0.102. The summed E-state index contributed by atoms with van der Waals surface area (Å²) in [7, 11) is 0. The zero-order valence-electron chi connectivity index (χ0n) is 13.2. The van der Waals surface area contributed by atoms with Crippen molar-refractivity contribution in [3.05, 3.63) is 76.2 Å². The number of carbonyl (C=O) groups excluding carboxylic acids is 1. The van der Waals surface area contributed by atoms with Crippen LogP contribution in [0.5, 0.6) is 0 Å². The van der Waals surface area contributed by atoms with Crippen molar-refractivity contribution in [3.8, 4) is 6.07 Å². The highest BCUT2D eigenvalue weighted by Gasteiger charge is 2.11. The van der Waals surface area contributed by atoms with Crippen molar-refractivity contribution >= 4 is 46.3 Å². The lowest BCUT2D eigenvalue weighted by atomic mass is 10.2. The summed E-state index contributed by atoms with van der Waals surface area (Å²) in [5.41, 5.74) is 1.66. The number of halogens is 2. The second kappa shape index (κ2) is 7.83. The molecule has 0 aliphatic carbocycles. The molecule has 3 rings (SSSR count). The van der Waals surface area contributed by atoms with E-state index >= 15 is 0 Å². The predicted molar refractivity (Wildman–Crippen MR) is 101 cm³/mol. The Morgan fingerprint density at radius 3 is 2.73 bits per heavy atom. The SMILES string of the molecule is N#Cc1cccc(NC(=O)c2cc(Nc3cc(Cl)ccc3Cl)ncn2)c1. The zero-order chi connectivity index (χ0) is 18.5. The molecule has 1 heterocycles. The monoisotopic (exact) mass is 383 g/mol. The number of nitrogens with one attached hydrogen (secondary N) is 2. The van der Waals surface area contributed by atoms with E-state index < -0.39 is 5.91 Å².